The number of nitriles is 1. The molecule has 0 aromatic heterocycles. The fourth-order valence-corrected chi connectivity index (χ4v) is 1.94. The summed E-state index contributed by atoms with van der Waals surface area (Å²) in [6.45, 7) is 0.829. The molecule has 1 unspecified atom stereocenters. The van der Waals surface area contributed by atoms with Crippen LogP contribution in [0.5, 0.6) is 0 Å². The van der Waals surface area contributed by atoms with Gasteiger partial charge in [0.05, 0.1) is 12.0 Å². The molecule has 1 N–H and O–H groups in total. The smallest absolute Gasteiger partial charge is 0.0669 e. The molecule has 2 atom stereocenters. The van der Waals surface area contributed by atoms with Crippen molar-refractivity contribution in [3.05, 3.63) is 35.9 Å². The summed E-state index contributed by atoms with van der Waals surface area (Å²) in [6, 6.07) is 13.2. The first-order valence-electron chi connectivity index (χ1n) is 5.08. The fourth-order valence-electron chi connectivity index (χ4n) is 1.94. The van der Waals surface area contributed by atoms with E-state index in [1.165, 1.54) is 5.56 Å². The number of nitrogens with zero attached hydrogens (tertiary/aromatic N) is 1. The number of nitrogens with one attached hydrogen (secondary N) is 1. The summed E-state index contributed by atoms with van der Waals surface area (Å²) in [5.74, 6) is 0.204. The third kappa shape index (κ3) is 1.94. The molecular weight excluding hydrogens is 172 g/mol. The van der Waals surface area contributed by atoms with Gasteiger partial charge < -0.3 is 5.32 Å². The van der Waals surface area contributed by atoms with Gasteiger partial charge in [-0.25, -0.2) is 0 Å². The Morgan fingerprint density at radius 2 is 2.00 bits per heavy atom. The molecule has 1 aromatic rings. The highest BCUT2D eigenvalue weighted by Gasteiger charge is 2.20. The molecule has 72 valence electrons. The van der Waals surface area contributed by atoms with Crippen LogP contribution < -0.4 is 5.32 Å². The van der Waals surface area contributed by atoms with Crippen molar-refractivity contribution < 1.29 is 0 Å². The number of rotatable bonds is 1. The van der Waals surface area contributed by atoms with Gasteiger partial charge in [-0.1, -0.05) is 30.3 Å². The Bertz CT molecular complexity index is 318. The molecule has 2 heteroatoms. The van der Waals surface area contributed by atoms with Crippen molar-refractivity contribution >= 4 is 0 Å². The fraction of sp³-hybridized carbons (Fsp3) is 0.417. The predicted molar refractivity (Wildman–Crippen MR) is 55.5 cm³/mol. The molecule has 14 heavy (non-hydrogen) atoms. The van der Waals surface area contributed by atoms with Crippen LogP contribution in [-0.4, -0.2) is 6.54 Å². The lowest BCUT2D eigenvalue weighted by atomic mass is 9.92. The Morgan fingerprint density at radius 3 is 2.57 bits per heavy atom. The van der Waals surface area contributed by atoms with Crippen molar-refractivity contribution in [1.29, 1.82) is 5.26 Å². The second-order valence-electron chi connectivity index (χ2n) is 3.77. The van der Waals surface area contributed by atoms with E-state index in [0.29, 0.717) is 6.04 Å². The highest BCUT2D eigenvalue weighted by molar-refractivity contribution is 5.19. The second kappa shape index (κ2) is 4.26. The molecule has 0 saturated carbocycles. The van der Waals surface area contributed by atoms with E-state index in [2.05, 4.69) is 35.7 Å². The van der Waals surface area contributed by atoms with E-state index in [-0.39, 0.29) is 5.92 Å². The topological polar surface area (TPSA) is 35.8 Å². The van der Waals surface area contributed by atoms with Crippen LogP contribution in [0.4, 0.5) is 0 Å². The molecule has 0 radical (unpaired) electrons. The van der Waals surface area contributed by atoms with Gasteiger partial charge in [-0.2, -0.15) is 5.26 Å². The summed E-state index contributed by atoms with van der Waals surface area (Å²) in [5.41, 5.74) is 1.34. The molecule has 2 nitrogen and oxygen atoms in total. The van der Waals surface area contributed by atoms with Crippen LogP contribution in [-0.2, 0) is 0 Å². The van der Waals surface area contributed by atoms with Crippen molar-refractivity contribution in [2.24, 2.45) is 5.92 Å². The molecule has 1 heterocycles. The van der Waals surface area contributed by atoms with Crippen LogP contribution in [0.2, 0.25) is 0 Å². The summed E-state index contributed by atoms with van der Waals surface area (Å²) in [7, 11) is 0. The Kier molecular flexibility index (Phi) is 2.81. The lowest BCUT2D eigenvalue weighted by Crippen LogP contribution is -2.32. The molecule has 0 amide bonds. The quantitative estimate of drug-likeness (QED) is 0.730. The van der Waals surface area contributed by atoms with Gasteiger partial charge >= 0.3 is 0 Å². The number of hydrogen-bond acceptors (Lipinski definition) is 2. The average molecular weight is 186 g/mol. The van der Waals surface area contributed by atoms with Crippen LogP contribution >= 0.6 is 0 Å². The molecule has 2 rings (SSSR count). The Balaban J connectivity index is 2.00. The van der Waals surface area contributed by atoms with Crippen LogP contribution in [0.25, 0.3) is 0 Å². The van der Waals surface area contributed by atoms with Gasteiger partial charge in [-0.15, -0.1) is 0 Å². The van der Waals surface area contributed by atoms with Crippen molar-refractivity contribution in [1.82, 2.24) is 5.32 Å². The molecule has 1 aromatic carbocycles. The van der Waals surface area contributed by atoms with E-state index >= 15 is 0 Å². The van der Waals surface area contributed by atoms with E-state index in [1.807, 2.05) is 6.07 Å². The summed E-state index contributed by atoms with van der Waals surface area (Å²) in [6.07, 6.45) is 2.09. The zero-order chi connectivity index (χ0) is 9.80. The maximum absolute atomic E-state index is 8.76. The van der Waals surface area contributed by atoms with Crippen molar-refractivity contribution in [3.8, 4) is 6.07 Å². The first-order chi connectivity index (χ1) is 6.90. The highest BCUT2D eigenvalue weighted by Crippen LogP contribution is 2.24. The summed E-state index contributed by atoms with van der Waals surface area (Å²) in [5, 5.41) is 12.2. The van der Waals surface area contributed by atoms with Gasteiger partial charge in [-0.05, 0) is 18.4 Å². The van der Waals surface area contributed by atoms with Gasteiger partial charge in [0.25, 0.3) is 0 Å². The average Bonchev–Trinajstić information content (AvgIpc) is 2.30. The maximum atomic E-state index is 8.76. The number of benzene rings is 1. The Morgan fingerprint density at radius 1 is 1.21 bits per heavy atom. The minimum Gasteiger partial charge on any atom is -0.309 e. The van der Waals surface area contributed by atoms with Gasteiger partial charge in [0.1, 0.15) is 0 Å². The van der Waals surface area contributed by atoms with E-state index in [0.717, 1.165) is 19.4 Å². The summed E-state index contributed by atoms with van der Waals surface area (Å²) in [4.78, 5) is 0. The third-order valence-corrected chi connectivity index (χ3v) is 2.80. The van der Waals surface area contributed by atoms with Gasteiger partial charge in [0, 0.05) is 12.6 Å². The molecule has 1 fully saturated rings. The van der Waals surface area contributed by atoms with Crippen LogP contribution in [0.1, 0.15) is 24.4 Å². The standard InChI is InChI=1S/C12H14N2/c13-8-10-6-7-12(14-9-10)11-4-2-1-3-5-11/h1-5,10,12,14H,6-7,9H2/t10?,12-/m0/s1. The minimum absolute atomic E-state index is 0.204. The monoisotopic (exact) mass is 186 g/mol. The summed E-state index contributed by atoms with van der Waals surface area (Å²) >= 11 is 0. The zero-order valence-corrected chi connectivity index (χ0v) is 8.11. The van der Waals surface area contributed by atoms with E-state index in [4.69, 9.17) is 5.26 Å². The van der Waals surface area contributed by atoms with Gasteiger partial charge in [0.2, 0.25) is 0 Å². The number of hydrogen-bond donors (Lipinski definition) is 1. The largest absolute Gasteiger partial charge is 0.309 e. The minimum atomic E-state index is 0.204. The second-order valence-corrected chi connectivity index (χ2v) is 3.77. The molecule has 1 saturated heterocycles. The molecule has 1 aliphatic heterocycles. The lowest BCUT2D eigenvalue weighted by molar-refractivity contribution is 0.362. The Labute approximate surface area is 84.6 Å². The predicted octanol–water partition coefficient (Wildman–Crippen LogP) is 2.25. The third-order valence-electron chi connectivity index (χ3n) is 2.80. The lowest BCUT2D eigenvalue weighted by Gasteiger charge is -2.26. The molecular formula is C12H14N2. The first-order valence-corrected chi connectivity index (χ1v) is 5.08. The molecule has 1 aliphatic rings. The highest BCUT2D eigenvalue weighted by atomic mass is 14.9. The van der Waals surface area contributed by atoms with Gasteiger partial charge in [-0.3, -0.25) is 0 Å². The van der Waals surface area contributed by atoms with Crippen molar-refractivity contribution in [3.63, 3.8) is 0 Å². The van der Waals surface area contributed by atoms with Gasteiger partial charge in [0.15, 0.2) is 0 Å². The SMILES string of the molecule is N#CC1CC[C@@H](c2ccccc2)NC1. The molecule has 0 spiro atoms. The van der Waals surface area contributed by atoms with E-state index in [1.54, 1.807) is 0 Å². The zero-order valence-electron chi connectivity index (χ0n) is 8.11. The van der Waals surface area contributed by atoms with Crippen molar-refractivity contribution in [2.45, 2.75) is 18.9 Å². The molecule has 0 aliphatic carbocycles. The summed E-state index contributed by atoms with van der Waals surface area (Å²) < 4.78 is 0. The van der Waals surface area contributed by atoms with E-state index in [9.17, 15) is 0 Å². The van der Waals surface area contributed by atoms with Crippen LogP contribution in [0.3, 0.4) is 0 Å². The first kappa shape index (κ1) is 9.23. The Hall–Kier alpha value is -1.33. The maximum Gasteiger partial charge on any atom is 0.0669 e. The number of piperidine rings is 1. The normalized spacial score (nSPS) is 26.8. The molecule has 0 bridgehead atoms. The van der Waals surface area contributed by atoms with Crippen LogP contribution in [0, 0.1) is 17.2 Å². The van der Waals surface area contributed by atoms with Crippen molar-refractivity contribution in [2.75, 3.05) is 6.54 Å². The van der Waals surface area contributed by atoms with E-state index < -0.39 is 0 Å². The van der Waals surface area contributed by atoms with Crippen LogP contribution in [0.15, 0.2) is 30.3 Å².